The fourth-order valence-electron chi connectivity index (χ4n) is 2.25. The van der Waals surface area contributed by atoms with E-state index in [1.165, 1.54) is 16.7 Å². The van der Waals surface area contributed by atoms with Gasteiger partial charge in [-0.25, -0.2) is 9.18 Å². The first-order chi connectivity index (χ1) is 11.1. The van der Waals surface area contributed by atoms with Gasteiger partial charge in [-0.15, -0.1) is 0 Å². The maximum absolute atomic E-state index is 12.8. The van der Waals surface area contributed by atoms with Gasteiger partial charge in [-0.05, 0) is 29.8 Å². The monoisotopic (exact) mass is 315 g/mol. The van der Waals surface area contributed by atoms with Crippen LogP contribution in [0.5, 0.6) is 0 Å². The van der Waals surface area contributed by atoms with Gasteiger partial charge in [0, 0.05) is 6.54 Å². The number of benzene rings is 2. The molecule has 118 valence electrons. The summed E-state index contributed by atoms with van der Waals surface area (Å²) < 4.78 is 24.4. The molecular weight excluding hydrogens is 301 g/mol. The van der Waals surface area contributed by atoms with Crippen LogP contribution in [0.15, 0.2) is 57.7 Å². The van der Waals surface area contributed by atoms with Crippen molar-refractivity contribution in [3.63, 3.8) is 0 Å². The number of hydrogen-bond donors (Lipinski definition) is 0. The molecule has 0 radical (unpaired) electrons. The summed E-state index contributed by atoms with van der Waals surface area (Å²) in [6.45, 7) is 0.248. The molecule has 0 amide bonds. The number of nitrogens with zero attached hydrogens (tertiary/aromatic N) is 1. The van der Waals surface area contributed by atoms with Crippen molar-refractivity contribution in [2.24, 2.45) is 0 Å². The van der Waals surface area contributed by atoms with Crippen LogP contribution < -0.4 is 5.76 Å². The Morgan fingerprint density at radius 3 is 2.65 bits per heavy atom. The molecule has 0 atom stereocenters. The standard InChI is InChI=1S/C17H14FNO4/c18-13-7-5-12(6-8-13)11-22-16(20)9-10-19-14-3-1-2-4-15(14)23-17(19)21/h1-8H,9-11H2. The average Bonchev–Trinajstić information content (AvgIpc) is 2.87. The van der Waals surface area contributed by atoms with Crippen LogP contribution >= 0.6 is 0 Å². The van der Waals surface area contributed by atoms with Gasteiger partial charge in [0.2, 0.25) is 0 Å². The van der Waals surface area contributed by atoms with E-state index in [-0.39, 0.29) is 25.4 Å². The zero-order valence-corrected chi connectivity index (χ0v) is 12.2. The van der Waals surface area contributed by atoms with Gasteiger partial charge in [0.15, 0.2) is 5.58 Å². The normalized spacial score (nSPS) is 10.8. The fourth-order valence-corrected chi connectivity index (χ4v) is 2.25. The number of hydrogen-bond acceptors (Lipinski definition) is 4. The lowest BCUT2D eigenvalue weighted by atomic mass is 10.2. The first-order valence-corrected chi connectivity index (χ1v) is 7.12. The highest BCUT2D eigenvalue weighted by Crippen LogP contribution is 2.12. The van der Waals surface area contributed by atoms with Gasteiger partial charge in [-0.1, -0.05) is 24.3 Å². The van der Waals surface area contributed by atoms with E-state index in [9.17, 15) is 14.0 Å². The SMILES string of the molecule is O=C(CCn1c(=O)oc2ccccc21)OCc1ccc(F)cc1. The van der Waals surface area contributed by atoms with Crippen LogP contribution in [0, 0.1) is 5.82 Å². The Morgan fingerprint density at radius 1 is 1.13 bits per heavy atom. The van der Waals surface area contributed by atoms with Crippen molar-refractivity contribution in [2.45, 2.75) is 19.6 Å². The zero-order valence-electron chi connectivity index (χ0n) is 12.2. The molecule has 0 unspecified atom stereocenters. The van der Waals surface area contributed by atoms with Crippen molar-refractivity contribution in [3.8, 4) is 0 Å². The van der Waals surface area contributed by atoms with Gasteiger partial charge < -0.3 is 9.15 Å². The molecule has 0 aliphatic carbocycles. The highest BCUT2D eigenvalue weighted by Gasteiger charge is 2.11. The first kappa shape index (κ1) is 15.0. The van der Waals surface area contributed by atoms with E-state index in [4.69, 9.17) is 9.15 Å². The number of aromatic nitrogens is 1. The predicted octanol–water partition coefficient (Wildman–Crippen LogP) is 2.87. The van der Waals surface area contributed by atoms with Gasteiger partial charge in [0.25, 0.3) is 0 Å². The second-order valence-corrected chi connectivity index (χ2v) is 5.02. The maximum atomic E-state index is 12.8. The maximum Gasteiger partial charge on any atom is 0.419 e. The van der Waals surface area contributed by atoms with Crippen molar-refractivity contribution in [3.05, 3.63) is 70.5 Å². The Kier molecular flexibility index (Phi) is 4.23. The van der Waals surface area contributed by atoms with Crippen molar-refractivity contribution in [2.75, 3.05) is 0 Å². The number of para-hydroxylation sites is 2. The third-order valence-corrected chi connectivity index (χ3v) is 3.43. The minimum absolute atomic E-state index is 0.0463. The van der Waals surface area contributed by atoms with E-state index in [1.54, 1.807) is 36.4 Å². The number of oxazole rings is 1. The lowest BCUT2D eigenvalue weighted by Gasteiger charge is -2.05. The first-order valence-electron chi connectivity index (χ1n) is 7.12. The van der Waals surface area contributed by atoms with Crippen LogP contribution in [0.25, 0.3) is 11.1 Å². The lowest BCUT2D eigenvalue weighted by molar-refractivity contribution is -0.145. The largest absolute Gasteiger partial charge is 0.461 e. The van der Waals surface area contributed by atoms with E-state index >= 15 is 0 Å². The zero-order chi connectivity index (χ0) is 16.2. The van der Waals surface area contributed by atoms with Gasteiger partial charge in [-0.3, -0.25) is 9.36 Å². The Balaban J connectivity index is 1.59. The number of fused-ring (bicyclic) bond motifs is 1. The minimum atomic E-state index is -0.502. The molecule has 0 spiro atoms. The van der Waals surface area contributed by atoms with Crippen LogP contribution in [0.2, 0.25) is 0 Å². The highest BCUT2D eigenvalue weighted by atomic mass is 19.1. The number of esters is 1. The molecular formula is C17H14FNO4. The summed E-state index contributed by atoms with van der Waals surface area (Å²) in [4.78, 5) is 23.6. The second kappa shape index (κ2) is 6.48. The summed E-state index contributed by atoms with van der Waals surface area (Å²) in [6.07, 6.45) is 0.0463. The second-order valence-electron chi connectivity index (χ2n) is 5.02. The van der Waals surface area contributed by atoms with E-state index in [2.05, 4.69) is 0 Å². The third kappa shape index (κ3) is 3.48. The molecule has 5 nitrogen and oxygen atoms in total. The van der Waals surface area contributed by atoms with Crippen molar-refractivity contribution < 1.29 is 18.3 Å². The molecule has 0 saturated heterocycles. The van der Waals surface area contributed by atoms with Crippen LogP contribution in [-0.2, 0) is 22.7 Å². The molecule has 3 rings (SSSR count). The minimum Gasteiger partial charge on any atom is -0.461 e. The fraction of sp³-hybridized carbons (Fsp3) is 0.176. The average molecular weight is 315 g/mol. The molecule has 0 aliphatic rings. The number of halogens is 1. The molecule has 1 heterocycles. The molecule has 2 aromatic carbocycles. The van der Waals surface area contributed by atoms with Gasteiger partial charge in [0.1, 0.15) is 12.4 Å². The van der Waals surface area contributed by atoms with Crippen LogP contribution in [0.3, 0.4) is 0 Å². The van der Waals surface area contributed by atoms with E-state index < -0.39 is 11.7 Å². The molecule has 3 aromatic rings. The summed E-state index contributed by atoms with van der Waals surface area (Å²) >= 11 is 0. The Labute approximate surface area is 130 Å². The number of rotatable bonds is 5. The molecule has 0 N–H and O–H groups in total. The third-order valence-electron chi connectivity index (χ3n) is 3.43. The number of aryl methyl sites for hydroxylation is 1. The summed E-state index contributed by atoms with van der Waals surface area (Å²) in [5.41, 5.74) is 1.83. The molecule has 0 bridgehead atoms. The Bertz CT molecular complexity index is 879. The summed E-state index contributed by atoms with van der Waals surface area (Å²) in [5, 5.41) is 0. The molecule has 0 aliphatic heterocycles. The molecule has 23 heavy (non-hydrogen) atoms. The summed E-state index contributed by atoms with van der Waals surface area (Å²) in [7, 11) is 0. The van der Waals surface area contributed by atoms with E-state index in [0.29, 0.717) is 16.7 Å². The Morgan fingerprint density at radius 2 is 1.87 bits per heavy atom. The van der Waals surface area contributed by atoms with E-state index in [1.807, 2.05) is 0 Å². The highest BCUT2D eigenvalue weighted by molar-refractivity contribution is 5.73. The Hall–Kier alpha value is -2.89. The molecule has 6 heteroatoms. The lowest BCUT2D eigenvalue weighted by Crippen LogP contribution is -2.17. The topological polar surface area (TPSA) is 61.4 Å². The predicted molar refractivity (Wildman–Crippen MR) is 81.3 cm³/mol. The van der Waals surface area contributed by atoms with E-state index in [0.717, 1.165) is 0 Å². The van der Waals surface area contributed by atoms with Crippen LogP contribution in [0.1, 0.15) is 12.0 Å². The van der Waals surface area contributed by atoms with Gasteiger partial charge in [0.05, 0.1) is 11.9 Å². The van der Waals surface area contributed by atoms with Crippen molar-refractivity contribution >= 4 is 17.1 Å². The quantitative estimate of drug-likeness (QED) is 0.679. The van der Waals surface area contributed by atoms with Gasteiger partial charge >= 0.3 is 11.7 Å². The summed E-state index contributed by atoms with van der Waals surface area (Å²) in [6, 6.07) is 12.7. The van der Waals surface area contributed by atoms with Crippen molar-refractivity contribution in [1.82, 2.24) is 4.57 Å². The number of carbonyl (C=O) groups excluding carboxylic acids is 1. The van der Waals surface area contributed by atoms with Crippen LogP contribution in [-0.4, -0.2) is 10.5 Å². The molecule has 1 aromatic heterocycles. The summed E-state index contributed by atoms with van der Waals surface area (Å²) in [5.74, 6) is -1.28. The van der Waals surface area contributed by atoms with Crippen molar-refractivity contribution in [1.29, 1.82) is 0 Å². The number of ether oxygens (including phenoxy) is 1. The molecule has 0 fully saturated rings. The number of carbonyl (C=O) groups is 1. The smallest absolute Gasteiger partial charge is 0.419 e. The van der Waals surface area contributed by atoms with Crippen LogP contribution in [0.4, 0.5) is 4.39 Å². The molecule has 0 saturated carbocycles. The van der Waals surface area contributed by atoms with Gasteiger partial charge in [-0.2, -0.15) is 0 Å².